The Morgan fingerprint density at radius 2 is 1.72 bits per heavy atom. The Balaban J connectivity index is 2.04. The fourth-order valence-corrected chi connectivity index (χ4v) is 3.89. The highest BCUT2D eigenvalue weighted by atomic mass is 32.2. The number of carboxylic acid groups (broad SMARTS) is 1. The van der Waals surface area contributed by atoms with Crippen molar-refractivity contribution in [2.45, 2.75) is 34.8 Å². The Morgan fingerprint density at radius 3 is 2.34 bits per heavy atom. The summed E-state index contributed by atoms with van der Waals surface area (Å²) in [5.74, 6) is -4.00. The van der Waals surface area contributed by atoms with E-state index < -0.39 is 27.7 Å². The summed E-state index contributed by atoms with van der Waals surface area (Å²) in [6.45, 7) is 0. The van der Waals surface area contributed by atoms with Crippen LogP contribution in [0.25, 0.3) is 0 Å². The number of anilines is 2. The lowest BCUT2D eigenvalue weighted by Crippen LogP contribution is -2.15. The quantitative estimate of drug-likeness (QED) is 0.478. The second-order valence-electron chi connectivity index (χ2n) is 5.83. The van der Waals surface area contributed by atoms with Crippen molar-refractivity contribution in [2.24, 2.45) is 0 Å². The van der Waals surface area contributed by atoms with Gasteiger partial charge in [-0.05, 0) is 48.9 Å². The number of amides is 1. The average molecular weight is 444 g/mol. The van der Waals surface area contributed by atoms with Crippen molar-refractivity contribution in [2.75, 3.05) is 10.0 Å². The summed E-state index contributed by atoms with van der Waals surface area (Å²) in [7, 11) is -3.97. The van der Waals surface area contributed by atoms with Crippen LogP contribution < -0.4 is 10.0 Å². The molecule has 0 saturated carbocycles. The van der Waals surface area contributed by atoms with E-state index in [-0.39, 0.29) is 35.5 Å². The highest BCUT2D eigenvalue weighted by Gasteiger charge is 2.16. The number of halogens is 2. The number of hydrogen-bond donors (Lipinski definition) is 3. The molecule has 1 amide bonds. The lowest BCUT2D eigenvalue weighted by molar-refractivity contribution is -0.137. The monoisotopic (exact) mass is 444 g/mol. The van der Waals surface area contributed by atoms with Gasteiger partial charge in [0.2, 0.25) is 5.91 Å². The third-order valence-corrected chi connectivity index (χ3v) is 5.66. The van der Waals surface area contributed by atoms with Crippen molar-refractivity contribution >= 4 is 45.0 Å². The van der Waals surface area contributed by atoms with Crippen LogP contribution in [0, 0.1) is 0 Å². The third-order valence-electron chi connectivity index (χ3n) is 3.55. The third kappa shape index (κ3) is 7.70. The van der Waals surface area contributed by atoms with Gasteiger partial charge in [-0.25, -0.2) is 8.42 Å². The number of carbonyl (C=O) groups is 2. The van der Waals surface area contributed by atoms with Gasteiger partial charge in [-0.2, -0.15) is 8.78 Å². The number of carbonyl (C=O) groups excluding carboxylic acids is 1. The zero-order valence-corrected chi connectivity index (χ0v) is 16.6. The molecule has 156 valence electrons. The van der Waals surface area contributed by atoms with Crippen molar-refractivity contribution in [3.8, 4) is 0 Å². The average Bonchev–Trinajstić information content (AvgIpc) is 2.62. The number of nitrogens with one attached hydrogen (secondary N) is 2. The van der Waals surface area contributed by atoms with Crippen LogP contribution in [-0.4, -0.2) is 31.2 Å². The molecule has 0 aliphatic rings. The Morgan fingerprint density at radius 1 is 1.03 bits per heavy atom. The molecule has 0 saturated heterocycles. The molecule has 2 aromatic rings. The smallest absolute Gasteiger partial charge is 0.303 e. The summed E-state index contributed by atoms with van der Waals surface area (Å²) in [5.41, 5.74) is 0.448. The van der Waals surface area contributed by atoms with Gasteiger partial charge in [-0.1, -0.05) is 17.8 Å². The highest BCUT2D eigenvalue weighted by Crippen LogP contribution is 2.27. The zero-order chi connectivity index (χ0) is 21.4. The van der Waals surface area contributed by atoms with Gasteiger partial charge in [0.1, 0.15) is 0 Å². The Kier molecular flexibility index (Phi) is 7.97. The summed E-state index contributed by atoms with van der Waals surface area (Å²) in [4.78, 5) is 22.5. The molecule has 0 aliphatic carbocycles. The minimum absolute atomic E-state index is 0.00942. The topological polar surface area (TPSA) is 113 Å². The van der Waals surface area contributed by atoms with Crippen molar-refractivity contribution in [1.82, 2.24) is 0 Å². The molecule has 0 radical (unpaired) electrons. The second kappa shape index (κ2) is 10.2. The first-order valence-electron chi connectivity index (χ1n) is 8.35. The fourth-order valence-electron chi connectivity index (χ4n) is 2.28. The lowest BCUT2D eigenvalue weighted by atomic mass is 10.2. The fraction of sp³-hybridized carbons (Fsp3) is 0.222. The maximum Gasteiger partial charge on any atom is 0.303 e. The molecular weight excluding hydrogens is 426 g/mol. The molecule has 0 bridgehead atoms. The van der Waals surface area contributed by atoms with Crippen LogP contribution >= 0.6 is 11.8 Å². The number of sulfonamides is 1. The molecule has 0 atom stereocenters. The molecule has 11 heteroatoms. The van der Waals surface area contributed by atoms with Gasteiger partial charge in [0.05, 0.1) is 4.90 Å². The highest BCUT2D eigenvalue weighted by molar-refractivity contribution is 7.99. The van der Waals surface area contributed by atoms with E-state index in [1.54, 1.807) is 0 Å². The predicted molar refractivity (Wildman–Crippen MR) is 106 cm³/mol. The molecule has 3 N–H and O–H groups in total. The first kappa shape index (κ1) is 22.6. The van der Waals surface area contributed by atoms with Gasteiger partial charge in [-0.15, -0.1) is 0 Å². The summed E-state index contributed by atoms with van der Waals surface area (Å²) < 4.78 is 52.1. The van der Waals surface area contributed by atoms with Crippen LogP contribution in [0.5, 0.6) is 0 Å². The number of hydrogen-bond acceptors (Lipinski definition) is 5. The van der Waals surface area contributed by atoms with Crippen molar-refractivity contribution in [3.63, 3.8) is 0 Å². The maximum absolute atomic E-state index is 12.5. The molecule has 7 nitrogen and oxygen atoms in total. The molecule has 0 spiro atoms. The normalized spacial score (nSPS) is 11.3. The molecule has 0 fully saturated rings. The second-order valence-corrected chi connectivity index (χ2v) is 8.58. The predicted octanol–water partition coefficient (Wildman–Crippen LogP) is 4.00. The van der Waals surface area contributed by atoms with E-state index in [9.17, 15) is 26.8 Å². The van der Waals surface area contributed by atoms with E-state index in [2.05, 4.69) is 10.0 Å². The van der Waals surface area contributed by atoms with E-state index in [1.165, 1.54) is 48.5 Å². The summed E-state index contributed by atoms with van der Waals surface area (Å²) >= 11 is 0.353. The summed E-state index contributed by atoms with van der Waals surface area (Å²) in [6.07, 6.45) is 0.0193. The summed E-state index contributed by atoms with van der Waals surface area (Å²) in [6, 6.07) is 11.0. The van der Waals surface area contributed by atoms with Crippen molar-refractivity contribution in [3.05, 3.63) is 48.5 Å². The standard InChI is InChI=1S/C18H18F2N2O5S2/c19-18(20)28-14-9-7-12(8-10-14)22-29(26,27)15-4-1-3-13(11-15)21-16(23)5-2-6-17(24)25/h1,3-4,7-11,18,22H,2,5-6H2,(H,21,23)(H,24,25). The van der Waals surface area contributed by atoms with Crippen molar-refractivity contribution in [1.29, 1.82) is 0 Å². The van der Waals surface area contributed by atoms with E-state index >= 15 is 0 Å². The molecule has 29 heavy (non-hydrogen) atoms. The lowest BCUT2D eigenvalue weighted by Gasteiger charge is -2.11. The number of benzene rings is 2. The van der Waals surface area contributed by atoms with Gasteiger partial charge < -0.3 is 10.4 Å². The minimum atomic E-state index is -3.97. The zero-order valence-electron chi connectivity index (χ0n) is 15.0. The van der Waals surface area contributed by atoms with E-state index in [1.807, 2.05) is 0 Å². The Hall–Kier alpha value is -2.66. The van der Waals surface area contributed by atoms with Crippen LogP contribution in [-0.2, 0) is 19.6 Å². The number of rotatable bonds is 10. The van der Waals surface area contributed by atoms with Crippen LogP contribution in [0.1, 0.15) is 19.3 Å². The molecule has 0 aliphatic heterocycles. The summed E-state index contributed by atoms with van der Waals surface area (Å²) in [5, 5.41) is 11.1. The minimum Gasteiger partial charge on any atom is -0.481 e. The van der Waals surface area contributed by atoms with Crippen LogP contribution in [0.3, 0.4) is 0 Å². The largest absolute Gasteiger partial charge is 0.481 e. The number of carboxylic acids is 1. The van der Waals surface area contributed by atoms with Gasteiger partial charge in [0.25, 0.3) is 15.8 Å². The molecule has 0 unspecified atom stereocenters. The molecule has 0 heterocycles. The van der Waals surface area contributed by atoms with Crippen LogP contribution in [0.4, 0.5) is 20.2 Å². The van der Waals surface area contributed by atoms with Gasteiger partial charge >= 0.3 is 5.97 Å². The van der Waals surface area contributed by atoms with Crippen LogP contribution in [0.2, 0.25) is 0 Å². The first-order valence-corrected chi connectivity index (χ1v) is 10.7. The van der Waals surface area contributed by atoms with E-state index in [0.29, 0.717) is 16.7 Å². The van der Waals surface area contributed by atoms with Gasteiger partial charge in [0.15, 0.2) is 0 Å². The Labute approximate surface area is 170 Å². The Bertz CT molecular complexity index is 966. The number of aliphatic carboxylic acids is 1. The first-order chi connectivity index (χ1) is 13.7. The van der Waals surface area contributed by atoms with Crippen molar-refractivity contribution < 1.29 is 31.9 Å². The van der Waals surface area contributed by atoms with Gasteiger partial charge in [-0.3, -0.25) is 14.3 Å². The number of thioether (sulfide) groups is 1. The maximum atomic E-state index is 12.5. The SMILES string of the molecule is O=C(O)CCCC(=O)Nc1cccc(S(=O)(=O)Nc2ccc(SC(F)F)cc2)c1. The molecule has 2 rings (SSSR count). The van der Waals surface area contributed by atoms with E-state index in [4.69, 9.17) is 5.11 Å². The molecule has 0 aromatic heterocycles. The van der Waals surface area contributed by atoms with Gasteiger partial charge in [0, 0.05) is 29.1 Å². The number of alkyl halides is 2. The molecule has 2 aromatic carbocycles. The van der Waals surface area contributed by atoms with E-state index in [0.717, 1.165) is 0 Å². The van der Waals surface area contributed by atoms with Crippen LogP contribution in [0.15, 0.2) is 58.3 Å². The molecular formula is C18H18F2N2O5S2.